The summed E-state index contributed by atoms with van der Waals surface area (Å²) in [5.41, 5.74) is 5.76. The number of nitrogens with two attached hydrogens (primary N) is 1. The SMILES string of the molecule is CC.NC(=O)c1cccc2cnccc12. The molecule has 0 bridgehead atoms. The summed E-state index contributed by atoms with van der Waals surface area (Å²) in [4.78, 5) is 15.0. The Morgan fingerprint density at radius 1 is 1.27 bits per heavy atom. The van der Waals surface area contributed by atoms with Crippen LogP contribution in [0.4, 0.5) is 0 Å². The molecular weight excluding hydrogens is 188 g/mol. The van der Waals surface area contributed by atoms with E-state index in [-0.39, 0.29) is 0 Å². The summed E-state index contributed by atoms with van der Waals surface area (Å²) in [5.74, 6) is -0.406. The van der Waals surface area contributed by atoms with Crippen molar-refractivity contribution < 1.29 is 4.79 Å². The van der Waals surface area contributed by atoms with Crippen molar-refractivity contribution in [2.24, 2.45) is 5.73 Å². The maximum absolute atomic E-state index is 11.0. The van der Waals surface area contributed by atoms with E-state index >= 15 is 0 Å². The number of carbonyl (C=O) groups is 1. The zero-order valence-electron chi connectivity index (χ0n) is 8.90. The molecule has 0 aliphatic heterocycles. The highest BCUT2D eigenvalue weighted by molar-refractivity contribution is 6.05. The molecule has 0 atom stereocenters. The molecule has 2 aromatic rings. The molecule has 0 aliphatic carbocycles. The van der Waals surface area contributed by atoms with Gasteiger partial charge in [0.1, 0.15) is 0 Å². The smallest absolute Gasteiger partial charge is 0.249 e. The van der Waals surface area contributed by atoms with Gasteiger partial charge in [-0.1, -0.05) is 26.0 Å². The van der Waals surface area contributed by atoms with E-state index in [2.05, 4.69) is 4.98 Å². The van der Waals surface area contributed by atoms with Crippen LogP contribution in [0.5, 0.6) is 0 Å². The van der Waals surface area contributed by atoms with Crippen molar-refractivity contribution in [3.63, 3.8) is 0 Å². The molecule has 3 heteroatoms. The van der Waals surface area contributed by atoms with Gasteiger partial charge in [-0.15, -0.1) is 0 Å². The molecule has 0 saturated carbocycles. The van der Waals surface area contributed by atoms with Crippen molar-refractivity contribution in [3.05, 3.63) is 42.2 Å². The number of amides is 1. The number of benzene rings is 1. The van der Waals surface area contributed by atoms with Crippen LogP contribution >= 0.6 is 0 Å². The first-order valence-corrected chi connectivity index (χ1v) is 4.91. The number of hydrogen-bond donors (Lipinski definition) is 1. The van der Waals surface area contributed by atoms with Crippen LogP contribution in [0.25, 0.3) is 10.8 Å². The van der Waals surface area contributed by atoms with Gasteiger partial charge in [0.05, 0.1) is 0 Å². The molecule has 0 fully saturated rings. The number of carbonyl (C=O) groups excluding carboxylic acids is 1. The predicted molar refractivity (Wildman–Crippen MR) is 61.6 cm³/mol. The van der Waals surface area contributed by atoms with Crippen LogP contribution in [0, 0.1) is 0 Å². The maximum atomic E-state index is 11.0. The number of fused-ring (bicyclic) bond motifs is 1. The van der Waals surface area contributed by atoms with E-state index in [1.807, 2.05) is 19.9 Å². The quantitative estimate of drug-likeness (QED) is 0.771. The van der Waals surface area contributed by atoms with Crippen molar-refractivity contribution >= 4 is 16.7 Å². The molecule has 0 unspecified atom stereocenters. The Kier molecular flexibility index (Phi) is 3.80. The summed E-state index contributed by atoms with van der Waals surface area (Å²) >= 11 is 0. The summed E-state index contributed by atoms with van der Waals surface area (Å²) in [7, 11) is 0. The average Bonchev–Trinajstić information content (AvgIpc) is 2.31. The third kappa shape index (κ3) is 2.31. The van der Waals surface area contributed by atoms with Gasteiger partial charge in [-0.3, -0.25) is 9.78 Å². The molecule has 1 amide bonds. The number of nitrogens with zero attached hydrogens (tertiary/aromatic N) is 1. The molecule has 0 radical (unpaired) electrons. The largest absolute Gasteiger partial charge is 0.366 e. The molecule has 78 valence electrons. The minimum atomic E-state index is -0.406. The fourth-order valence-corrected chi connectivity index (χ4v) is 1.34. The fourth-order valence-electron chi connectivity index (χ4n) is 1.34. The highest BCUT2D eigenvalue weighted by atomic mass is 16.1. The van der Waals surface area contributed by atoms with Gasteiger partial charge in [-0.05, 0) is 17.5 Å². The first kappa shape index (κ1) is 11.2. The Morgan fingerprint density at radius 3 is 2.67 bits per heavy atom. The lowest BCUT2D eigenvalue weighted by molar-refractivity contribution is 0.100. The number of hydrogen-bond acceptors (Lipinski definition) is 2. The van der Waals surface area contributed by atoms with Crippen molar-refractivity contribution in [2.75, 3.05) is 0 Å². The number of pyridine rings is 1. The summed E-state index contributed by atoms with van der Waals surface area (Å²) in [6.45, 7) is 4.00. The number of primary amides is 1. The van der Waals surface area contributed by atoms with Crippen LogP contribution in [0.1, 0.15) is 24.2 Å². The lowest BCUT2D eigenvalue weighted by Gasteiger charge is -2.00. The van der Waals surface area contributed by atoms with Gasteiger partial charge < -0.3 is 5.73 Å². The molecule has 0 saturated heterocycles. The van der Waals surface area contributed by atoms with Gasteiger partial charge >= 0.3 is 0 Å². The Labute approximate surface area is 88.9 Å². The van der Waals surface area contributed by atoms with Crippen LogP contribution < -0.4 is 5.73 Å². The van der Waals surface area contributed by atoms with Crippen LogP contribution in [0.2, 0.25) is 0 Å². The van der Waals surface area contributed by atoms with E-state index in [1.54, 1.807) is 30.6 Å². The fraction of sp³-hybridized carbons (Fsp3) is 0.167. The zero-order chi connectivity index (χ0) is 11.3. The van der Waals surface area contributed by atoms with Crippen LogP contribution in [0.15, 0.2) is 36.7 Å². The van der Waals surface area contributed by atoms with Crippen LogP contribution in [-0.4, -0.2) is 10.9 Å². The summed E-state index contributed by atoms with van der Waals surface area (Å²) in [6, 6.07) is 7.19. The zero-order valence-corrected chi connectivity index (χ0v) is 8.90. The minimum absolute atomic E-state index is 0.406. The lowest BCUT2D eigenvalue weighted by Crippen LogP contribution is -2.11. The Morgan fingerprint density at radius 2 is 2.00 bits per heavy atom. The number of rotatable bonds is 1. The van der Waals surface area contributed by atoms with Crippen molar-refractivity contribution in [2.45, 2.75) is 13.8 Å². The Hall–Kier alpha value is -1.90. The normalized spacial score (nSPS) is 9.20. The first-order valence-electron chi connectivity index (χ1n) is 4.91. The van der Waals surface area contributed by atoms with Gasteiger partial charge in [0.15, 0.2) is 0 Å². The summed E-state index contributed by atoms with van der Waals surface area (Å²) < 4.78 is 0. The second-order valence-corrected chi connectivity index (χ2v) is 2.77. The highest BCUT2D eigenvalue weighted by Gasteiger charge is 2.04. The van der Waals surface area contributed by atoms with Crippen LogP contribution in [0.3, 0.4) is 0 Å². The monoisotopic (exact) mass is 202 g/mol. The van der Waals surface area contributed by atoms with E-state index in [9.17, 15) is 4.79 Å². The summed E-state index contributed by atoms with van der Waals surface area (Å²) in [6.07, 6.45) is 3.36. The van der Waals surface area contributed by atoms with Crippen molar-refractivity contribution in [1.29, 1.82) is 0 Å². The number of aromatic nitrogens is 1. The van der Waals surface area contributed by atoms with Gasteiger partial charge in [0, 0.05) is 23.3 Å². The lowest BCUT2D eigenvalue weighted by atomic mass is 10.1. The van der Waals surface area contributed by atoms with E-state index in [0.29, 0.717) is 5.56 Å². The molecule has 2 N–H and O–H groups in total. The molecule has 0 aliphatic rings. The molecule has 1 aromatic heterocycles. The molecule has 1 heterocycles. The summed E-state index contributed by atoms with van der Waals surface area (Å²) in [5, 5.41) is 1.78. The molecule has 2 rings (SSSR count). The predicted octanol–water partition coefficient (Wildman–Crippen LogP) is 2.36. The van der Waals surface area contributed by atoms with E-state index in [0.717, 1.165) is 10.8 Å². The maximum Gasteiger partial charge on any atom is 0.249 e. The Bertz CT molecular complexity index is 461. The van der Waals surface area contributed by atoms with E-state index in [4.69, 9.17) is 5.73 Å². The van der Waals surface area contributed by atoms with Crippen molar-refractivity contribution in [3.8, 4) is 0 Å². The van der Waals surface area contributed by atoms with Crippen LogP contribution in [-0.2, 0) is 0 Å². The van der Waals surface area contributed by atoms with E-state index in [1.165, 1.54) is 0 Å². The molecule has 3 nitrogen and oxygen atoms in total. The second-order valence-electron chi connectivity index (χ2n) is 2.77. The Balaban J connectivity index is 0.000000531. The average molecular weight is 202 g/mol. The molecule has 0 spiro atoms. The van der Waals surface area contributed by atoms with Gasteiger partial charge in [0.2, 0.25) is 5.91 Å². The third-order valence-electron chi connectivity index (χ3n) is 1.95. The van der Waals surface area contributed by atoms with Gasteiger partial charge in [-0.2, -0.15) is 0 Å². The minimum Gasteiger partial charge on any atom is -0.366 e. The molecular formula is C12H14N2O. The van der Waals surface area contributed by atoms with Gasteiger partial charge in [0.25, 0.3) is 0 Å². The first-order chi connectivity index (χ1) is 7.29. The highest BCUT2D eigenvalue weighted by Crippen LogP contribution is 2.16. The molecule has 15 heavy (non-hydrogen) atoms. The van der Waals surface area contributed by atoms with E-state index < -0.39 is 5.91 Å². The topological polar surface area (TPSA) is 56.0 Å². The van der Waals surface area contributed by atoms with Crippen molar-refractivity contribution in [1.82, 2.24) is 4.98 Å². The van der Waals surface area contributed by atoms with Gasteiger partial charge in [-0.25, -0.2) is 0 Å². The standard InChI is InChI=1S/C10H8N2O.C2H6/c11-10(13)9-3-1-2-7-6-12-5-4-8(7)9;1-2/h1-6H,(H2,11,13);1-2H3. The second kappa shape index (κ2) is 5.10. The third-order valence-corrected chi connectivity index (χ3v) is 1.95. The molecule has 1 aromatic carbocycles.